The molecular formula is C12H16BrNO3S2. The quantitative estimate of drug-likeness (QED) is 0.869. The third-order valence-electron chi connectivity index (χ3n) is 3.21. The van der Waals surface area contributed by atoms with Gasteiger partial charge in [0.2, 0.25) is 10.0 Å². The van der Waals surface area contributed by atoms with Crippen LogP contribution in [0.2, 0.25) is 0 Å². The predicted molar refractivity (Wildman–Crippen MR) is 81.0 cm³/mol. The number of hydrogen-bond donors (Lipinski definition) is 1. The maximum absolute atomic E-state index is 12.2. The van der Waals surface area contributed by atoms with Crippen LogP contribution in [-0.4, -0.2) is 39.2 Å². The molecule has 0 bridgehead atoms. The molecule has 1 fully saturated rings. The summed E-state index contributed by atoms with van der Waals surface area (Å²) in [5.74, 6) is 1.83. The van der Waals surface area contributed by atoms with E-state index < -0.39 is 10.0 Å². The van der Waals surface area contributed by atoms with Gasteiger partial charge >= 0.3 is 0 Å². The van der Waals surface area contributed by atoms with Gasteiger partial charge in [0.25, 0.3) is 0 Å². The highest BCUT2D eigenvalue weighted by atomic mass is 79.9. The van der Waals surface area contributed by atoms with Gasteiger partial charge in [0.15, 0.2) is 0 Å². The molecule has 1 N–H and O–H groups in total. The average Bonchev–Trinajstić information content (AvgIpc) is 2.87. The molecule has 106 valence electrons. The summed E-state index contributed by atoms with van der Waals surface area (Å²) in [7, 11) is -1.83. The first-order chi connectivity index (χ1) is 8.97. The molecule has 0 saturated carbocycles. The van der Waals surface area contributed by atoms with Crippen LogP contribution < -0.4 is 4.72 Å². The molecule has 4 nitrogen and oxygen atoms in total. The molecule has 1 aliphatic heterocycles. The lowest BCUT2D eigenvalue weighted by atomic mass is 10.0. The van der Waals surface area contributed by atoms with E-state index in [4.69, 9.17) is 4.74 Å². The van der Waals surface area contributed by atoms with Crippen molar-refractivity contribution in [3.05, 3.63) is 28.7 Å². The number of rotatable bonds is 5. The fourth-order valence-corrected chi connectivity index (χ4v) is 4.66. The summed E-state index contributed by atoms with van der Waals surface area (Å²) >= 11 is 5.07. The Bertz CT molecular complexity index is 524. The van der Waals surface area contributed by atoms with Crippen LogP contribution in [0.4, 0.5) is 0 Å². The molecule has 1 atom stereocenters. The van der Waals surface area contributed by atoms with E-state index in [-0.39, 0.29) is 10.5 Å². The van der Waals surface area contributed by atoms with Crippen molar-refractivity contribution in [3.8, 4) is 0 Å². The van der Waals surface area contributed by atoms with Crippen LogP contribution in [0.15, 0.2) is 33.6 Å². The molecule has 1 unspecified atom stereocenters. The minimum Gasteiger partial charge on any atom is -0.376 e. The van der Waals surface area contributed by atoms with Gasteiger partial charge in [0.05, 0.1) is 10.5 Å². The standard InChI is InChI=1S/C12H16BrNO3S2/c1-17-12(6-7-18-9-12)8-14-19(15,16)11-4-2-10(13)3-5-11/h2-5,14H,6-9H2,1H3. The molecular weight excluding hydrogens is 350 g/mol. The first-order valence-electron chi connectivity index (χ1n) is 5.86. The van der Waals surface area contributed by atoms with E-state index in [9.17, 15) is 8.42 Å². The summed E-state index contributed by atoms with van der Waals surface area (Å²) in [4.78, 5) is 0.271. The van der Waals surface area contributed by atoms with Crippen LogP contribution in [0, 0.1) is 0 Å². The zero-order valence-corrected chi connectivity index (χ0v) is 13.8. The van der Waals surface area contributed by atoms with E-state index in [1.165, 1.54) is 0 Å². The highest BCUT2D eigenvalue weighted by Crippen LogP contribution is 2.30. The fraction of sp³-hybridized carbons (Fsp3) is 0.500. The monoisotopic (exact) mass is 365 g/mol. The largest absolute Gasteiger partial charge is 0.376 e. The van der Waals surface area contributed by atoms with Gasteiger partial charge in [-0.15, -0.1) is 0 Å². The maximum atomic E-state index is 12.2. The number of ether oxygens (including phenoxy) is 1. The second kappa shape index (κ2) is 6.13. The Hall–Kier alpha value is -0.0800. The van der Waals surface area contributed by atoms with Crippen molar-refractivity contribution in [3.63, 3.8) is 0 Å². The van der Waals surface area contributed by atoms with Crippen LogP contribution in [0.25, 0.3) is 0 Å². The molecule has 0 radical (unpaired) electrons. The summed E-state index contributed by atoms with van der Waals surface area (Å²) in [5.41, 5.74) is -0.368. The van der Waals surface area contributed by atoms with Crippen LogP contribution in [-0.2, 0) is 14.8 Å². The normalized spacial score (nSPS) is 23.7. The van der Waals surface area contributed by atoms with Gasteiger partial charge in [-0.1, -0.05) is 15.9 Å². The maximum Gasteiger partial charge on any atom is 0.240 e. The minimum atomic E-state index is -3.47. The third kappa shape index (κ3) is 3.72. The van der Waals surface area contributed by atoms with Gasteiger partial charge in [-0.05, 0) is 36.4 Å². The van der Waals surface area contributed by atoms with Crippen molar-refractivity contribution < 1.29 is 13.2 Å². The molecule has 19 heavy (non-hydrogen) atoms. The summed E-state index contributed by atoms with van der Waals surface area (Å²) < 4.78 is 33.3. The first kappa shape index (κ1) is 15.3. The van der Waals surface area contributed by atoms with Gasteiger partial charge in [-0.3, -0.25) is 0 Å². The van der Waals surface area contributed by atoms with Crippen molar-refractivity contribution in [2.24, 2.45) is 0 Å². The summed E-state index contributed by atoms with van der Waals surface area (Å²) in [6, 6.07) is 6.59. The summed E-state index contributed by atoms with van der Waals surface area (Å²) in [5, 5.41) is 0. The van der Waals surface area contributed by atoms with E-state index >= 15 is 0 Å². The van der Waals surface area contributed by atoms with Gasteiger partial charge < -0.3 is 4.74 Å². The number of thioether (sulfide) groups is 1. The predicted octanol–water partition coefficient (Wildman–Crippen LogP) is 2.25. The Balaban J connectivity index is 2.07. The number of nitrogens with one attached hydrogen (secondary N) is 1. The molecule has 1 aromatic rings. The second-order valence-corrected chi connectivity index (χ2v) is 8.26. The van der Waals surface area contributed by atoms with E-state index in [0.717, 1.165) is 22.4 Å². The summed E-state index contributed by atoms with van der Waals surface area (Å²) in [6.07, 6.45) is 0.872. The molecule has 7 heteroatoms. The van der Waals surface area contributed by atoms with Crippen LogP contribution in [0.3, 0.4) is 0 Å². The first-order valence-corrected chi connectivity index (χ1v) is 9.29. The topological polar surface area (TPSA) is 55.4 Å². The van der Waals surface area contributed by atoms with Crippen LogP contribution in [0.1, 0.15) is 6.42 Å². The lowest BCUT2D eigenvalue weighted by molar-refractivity contribution is 0.0179. The van der Waals surface area contributed by atoms with Crippen LogP contribution >= 0.6 is 27.7 Å². The molecule has 2 rings (SSSR count). The zero-order valence-electron chi connectivity index (χ0n) is 10.6. The van der Waals surface area contributed by atoms with E-state index in [1.807, 2.05) is 0 Å². The number of methoxy groups -OCH3 is 1. The smallest absolute Gasteiger partial charge is 0.240 e. The number of sulfonamides is 1. The van der Waals surface area contributed by atoms with Gasteiger partial charge in [-0.2, -0.15) is 11.8 Å². The molecule has 0 amide bonds. The van der Waals surface area contributed by atoms with Crippen molar-refractivity contribution >= 4 is 37.7 Å². The average molecular weight is 366 g/mol. The Morgan fingerprint density at radius 3 is 2.63 bits per heavy atom. The molecule has 0 aliphatic carbocycles. The number of hydrogen-bond acceptors (Lipinski definition) is 4. The Morgan fingerprint density at radius 1 is 1.42 bits per heavy atom. The number of benzene rings is 1. The lowest BCUT2D eigenvalue weighted by Gasteiger charge is -2.26. The van der Waals surface area contributed by atoms with Gasteiger partial charge in [0, 0.05) is 23.9 Å². The fourth-order valence-electron chi connectivity index (χ4n) is 1.88. The minimum absolute atomic E-state index is 0.271. The Kier molecular flexibility index (Phi) is 4.94. The van der Waals surface area contributed by atoms with Crippen molar-refractivity contribution in [2.45, 2.75) is 16.9 Å². The van der Waals surface area contributed by atoms with Gasteiger partial charge in [0.1, 0.15) is 0 Å². The highest BCUT2D eigenvalue weighted by Gasteiger charge is 2.35. The Morgan fingerprint density at radius 2 is 2.11 bits per heavy atom. The van der Waals surface area contributed by atoms with Crippen molar-refractivity contribution in [2.75, 3.05) is 25.2 Å². The zero-order chi connectivity index (χ0) is 13.9. The number of halogens is 1. The van der Waals surface area contributed by atoms with E-state index in [2.05, 4.69) is 20.7 Å². The lowest BCUT2D eigenvalue weighted by Crippen LogP contribution is -2.44. The molecule has 1 aliphatic rings. The van der Waals surface area contributed by atoms with Crippen molar-refractivity contribution in [1.82, 2.24) is 4.72 Å². The second-order valence-electron chi connectivity index (χ2n) is 4.47. The SMILES string of the molecule is COC1(CNS(=O)(=O)c2ccc(Br)cc2)CCSC1. The molecule has 0 aromatic heterocycles. The Labute approximate surface area is 126 Å². The third-order valence-corrected chi connectivity index (χ3v) is 6.38. The highest BCUT2D eigenvalue weighted by molar-refractivity contribution is 9.10. The molecule has 0 spiro atoms. The molecule has 1 saturated heterocycles. The van der Waals surface area contributed by atoms with E-state index in [1.54, 1.807) is 43.1 Å². The molecule has 1 heterocycles. The van der Waals surface area contributed by atoms with Crippen molar-refractivity contribution in [1.29, 1.82) is 0 Å². The van der Waals surface area contributed by atoms with Gasteiger partial charge in [-0.25, -0.2) is 13.1 Å². The molecule has 1 aromatic carbocycles. The van der Waals surface area contributed by atoms with E-state index in [0.29, 0.717) is 6.54 Å². The van der Waals surface area contributed by atoms with Crippen LogP contribution in [0.5, 0.6) is 0 Å². The summed E-state index contributed by atoms with van der Waals surface area (Å²) in [6.45, 7) is 0.314.